The van der Waals surface area contributed by atoms with Crippen molar-refractivity contribution in [2.45, 2.75) is 19.4 Å². The van der Waals surface area contributed by atoms with Gasteiger partial charge in [-0.1, -0.05) is 6.92 Å². The van der Waals surface area contributed by atoms with Gasteiger partial charge in [0.05, 0.1) is 26.5 Å². The fourth-order valence-electron chi connectivity index (χ4n) is 2.30. The van der Waals surface area contributed by atoms with Crippen LogP contribution < -0.4 is 20.7 Å². The second-order valence-electron chi connectivity index (χ2n) is 4.36. The van der Waals surface area contributed by atoms with E-state index < -0.39 is 0 Å². The summed E-state index contributed by atoms with van der Waals surface area (Å²) in [4.78, 5) is 0. The fraction of sp³-hybridized carbons (Fsp3) is 0.333. The van der Waals surface area contributed by atoms with E-state index in [1.165, 1.54) is 0 Å². The summed E-state index contributed by atoms with van der Waals surface area (Å²) in [5, 5.41) is 0. The molecular formula is C15H20N2O3. The SMILES string of the molecule is CCc1occc1C(NN)c1ccc(OC)cc1OC. The van der Waals surface area contributed by atoms with Crippen LogP contribution in [0.1, 0.15) is 29.9 Å². The first-order valence-corrected chi connectivity index (χ1v) is 6.49. The van der Waals surface area contributed by atoms with Crippen LogP contribution in [-0.2, 0) is 6.42 Å². The molecule has 0 aliphatic heterocycles. The van der Waals surface area contributed by atoms with E-state index in [-0.39, 0.29) is 6.04 Å². The molecule has 1 atom stereocenters. The van der Waals surface area contributed by atoms with E-state index in [9.17, 15) is 0 Å². The van der Waals surface area contributed by atoms with Gasteiger partial charge in [0, 0.05) is 23.6 Å². The number of hydrazine groups is 1. The lowest BCUT2D eigenvalue weighted by Gasteiger charge is -2.19. The highest BCUT2D eigenvalue weighted by Gasteiger charge is 2.21. The minimum absolute atomic E-state index is 0.190. The first-order valence-electron chi connectivity index (χ1n) is 6.49. The second-order valence-corrected chi connectivity index (χ2v) is 4.36. The standard InChI is InChI=1S/C15H20N2O3/c1-4-13-12(7-8-20-13)15(17-16)11-6-5-10(18-2)9-14(11)19-3/h5-9,15,17H,4,16H2,1-3H3. The van der Waals surface area contributed by atoms with Gasteiger partial charge in [0.1, 0.15) is 17.3 Å². The Bertz CT molecular complexity index is 566. The molecule has 0 saturated heterocycles. The molecule has 1 unspecified atom stereocenters. The van der Waals surface area contributed by atoms with Gasteiger partial charge in [0.15, 0.2) is 0 Å². The van der Waals surface area contributed by atoms with Gasteiger partial charge in [-0.3, -0.25) is 5.84 Å². The molecule has 0 aliphatic rings. The minimum atomic E-state index is -0.190. The highest BCUT2D eigenvalue weighted by Crippen LogP contribution is 2.34. The lowest BCUT2D eigenvalue weighted by atomic mass is 9.98. The average molecular weight is 276 g/mol. The molecule has 0 amide bonds. The summed E-state index contributed by atoms with van der Waals surface area (Å²) in [6, 6.07) is 7.39. The summed E-state index contributed by atoms with van der Waals surface area (Å²) in [6.45, 7) is 2.04. The average Bonchev–Trinajstić information content (AvgIpc) is 2.96. The predicted octanol–water partition coefficient (Wildman–Crippen LogP) is 2.41. The summed E-state index contributed by atoms with van der Waals surface area (Å²) in [5.41, 5.74) is 4.78. The van der Waals surface area contributed by atoms with E-state index in [0.717, 1.165) is 34.8 Å². The molecule has 20 heavy (non-hydrogen) atoms. The second kappa shape index (κ2) is 6.45. The van der Waals surface area contributed by atoms with Crippen molar-refractivity contribution in [1.29, 1.82) is 0 Å². The van der Waals surface area contributed by atoms with Crippen LogP contribution >= 0.6 is 0 Å². The molecule has 2 rings (SSSR count). The van der Waals surface area contributed by atoms with Crippen LogP contribution in [0.25, 0.3) is 0 Å². The van der Waals surface area contributed by atoms with E-state index in [4.69, 9.17) is 19.7 Å². The van der Waals surface area contributed by atoms with Crippen LogP contribution in [0.15, 0.2) is 34.9 Å². The number of nitrogens with two attached hydrogens (primary N) is 1. The summed E-state index contributed by atoms with van der Waals surface area (Å²) < 4.78 is 16.1. The Morgan fingerprint density at radius 1 is 1.20 bits per heavy atom. The molecule has 3 N–H and O–H groups in total. The number of furan rings is 1. The third-order valence-electron chi connectivity index (χ3n) is 3.33. The maximum atomic E-state index is 5.74. The van der Waals surface area contributed by atoms with Gasteiger partial charge in [-0.05, 0) is 18.2 Å². The van der Waals surface area contributed by atoms with Crippen molar-refractivity contribution in [1.82, 2.24) is 5.43 Å². The van der Waals surface area contributed by atoms with Crippen LogP contribution in [0, 0.1) is 0 Å². The zero-order valence-corrected chi connectivity index (χ0v) is 12.0. The molecule has 1 heterocycles. The summed E-state index contributed by atoms with van der Waals surface area (Å²) >= 11 is 0. The molecule has 0 radical (unpaired) electrons. The highest BCUT2D eigenvalue weighted by atomic mass is 16.5. The van der Waals surface area contributed by atoms with E-state index in [1.54, 1.807) is 20.5 Å². The Kier molecular flexibility index (Phi) is 4.65. The normalized spacial score (nSPS) is 12.2. The van der Waals surface area contributed by atoms with Crippen molar-refractivity contribution in [3.05, 3.63) is 47.4 Å². The van der Waals surface area contributed by atoms with Gasteiger partial charge >= 0.3 is 0 Å². The van der Waals surface area contributed by atoms with Gasteiger partial charge in [-0.2, -0.15) is 0 Å². The van der Waals surface area contributed by atoms with Crippen LogP contribution in [0.2, 0.25) is 0 Å². The number of ether oxygens (including phenoxy) is 2. The Balaban J connectivity index is 2.46. The Labute approximate surface area is 118 Å². The van der Waals surface area contributed by atoms with Crippen molar-refractivity contribution in [2.24, 2.45) is 5.84 Å². The van der Waals surface area contributed by atoms with E-state index in [0.29, 0.717) is 0 Å². The van der Waals surface area contributed by atoms with Gasteiger partial charge in [-0.25, -0.2) is 5.43 Å². The third-order valence-corrected chi connectivity index (χ3v) is 3.33. The molecule has 0 bridgehead atoms. The number of rotatable bonds is 6. The van der Waals surface area contributed by atoms with E-state index in [2.05, 4.69) is 5.43 Å². The van der Waals surface area contributed by atoms with E-state index >= 15 is 0 Å². The molecular weight excluding hydrogens is 256 g/mol. The molecule has 0 spiro atoms. The van der Waals surface area contributed by atoms with Gasteiger partial charge in [0.2, 0.25) is 0 Å². The van der Waals surface area contributed by atoms with Crippen LogP contribution in [0.3, 0.4) is 0 Å². The maximum absolute atomic E-state index is 5.74. The Hall–Kier alpha value is -1.98. The molecule has 0 saturated carbocycles. The number of methoxy groups -OCH3 is 2. The highest BCUT2D eigenvalue weighted by molar-refractivity contribution is 5.46. The fourth-order valence-corrected chi connectivity index (χ4v) is 2.30. The van der Waals surface area contributed by atoms with Crippen molar-refractivity contribution in [3.63, 3.8) is 0 Å². The predicted molar refractivity (Wildman–Crippen MR) is 76.8 cm³/mol. The molecule has 1 aromatic heterocycles. The number of nitrogens with one attached hydrogen (secondary N) is 1. The number of aryl methyl sites for hydroxylation is 1. The number of hydrogen-bond donors (Lipinski definition) is 2. The topological polar surface area (TPSA) is 69.7 Å². The zero-order chi connectivity index (χ0) is 14.5. The molecule has 2 aromatic rings. The molecule has 1 aromatic carbocycles. The monoisotopic (exact) mass is 276 g/mol. The van der Waals surface area contributed by atoms with Crippen LogP contribution in [0.4, 0.5) is 0 Å². The summed E-state index contributed by atoms with van der Waals surface area (Å²) in [7, 11) is 3.25. The minimum Gasteiger partial charge on any atom is -0.497 e. The van der Waals surface area contributed by atoms with Crippen molar-refractivity contribution in [3.8, 4) is 11.5 Å². The lowest BCUT2D eigenvalue weighted by Crippen LogP contribution is -2.29. The smallest absolute Gasteiger partial charge is 0.127 e. The Morgan fingerprint density at radius 3 is 2.60 bits per heavy atom. The Morgan fingerprint density at radius 2 is 2.00 bits per heavy atom. The van der Waals surface area contributed by atoms with Crippen molar-refractivity contribution >= 4 is 0 Å². The first kappa shape index (κ1) is 14.4. The summed E-state index contributed by atoms with van der Waals surface area (Å²) in [5.74, 6) is 8.10. The third kappa shape index (κ3) is 2.64. The number of benzene rings is 1. The molecule has 108 valence electrons. The zero-order valence-electron chi connectivity index (χ0n) is 12.0. The maximum Gasteiger partial charge on any atom is 0.127 e. The number of hydrogen-bond acceptors (Lipinski definition) is 5. The quantitative estimate of drug-likeness (QED) is 0.626. The van der Waals surface area contributed by atoms with Crippen molar-refractivity contribution < 1.29 is 13.9 Å². The lowest BCUT2D eigenvalue weighted by molar-refractivity contribution is 0.387. The van der Waals surface area contributed by atoms with Gasteiger partial charge in [-0.15, -0.1) is 0 Å². The van der Waals surface area contributed by atoms with E-state index in [1.807, 2.05) is 31.2 Å². The van der Waals surface area contributed by atoms with Crippen molar-refractivity contribution in [2.75, 3.05) is 14.2 Å². The molecule has 0 fully saturated rings. The molecule has 5 nitrogen and oxygen atoms in total. The first-order chi connectivity index (χ1) is 9.74. The molecule has 0 aliphatic carbocycles. The molecule has 5 heteroatoms. The van der Waals surface area contributed by atoms with Crippen LogP contribution in [-0.4, -0.2) is 14.2 Å². The summed E-state index contributed by atoms with van der Waals surface area (Å²) in [6.07, 6.45) is 2.48. The van der Waals surface area contributed by atoms with Gasteiger partial charge in [0.25, 0.3) is 0 Å². The largest absolute Gasteiger partial charge is 0.497 e. The van der Waals surface area contributed by atoms with Gasteiger partial charge < -0.3 is 13.9 Å². The van der Waals surface area contributed by atoms with Crippen LogP contribution in [0.5, 0.6) is 11.5 Å².